The Hall–Kier alpha value is -1.59. The Morgan fingerprint density at radius 1 is 1.00 bits per heavy atom. The van der Waals surface area contributed by atoms with Gasteiger partial charge in [0.05, 0.1) is 17.8 Å². The van der Waals surface area contributed by atoms with Gasteiger partial charge in [-0.1, -0.05) is 26.7 Å². The number of hydrogen-bond acceptors (Lipinski definition) is 3. The maximum atomic E-state index is 11.0. The van der Waals surface area contributed by atoms with Crippen LogP contribution in [0.15, 0.2) is 0 Å². The van der Waals surface area contributed by atoms with Gasteiger partial charge in [-0.25, -0.2) is 0 Å². The molecule has 0 aromatic carbocycles. The highest BCUT2D eigenvalue weighted by atomic mass is 16.4. The van der Waals surface area contributed by atoms with Crippen molar-refractivity contribution < 1.29 is 29.7 Å². The molecule has 0 aromatic heterocycles. The molecule has 0 aliphatic rings. The summed E-state index contributed by atoms with van der Waals surface area (Å²) in [6.07, 6.45) is 1.48. The molecule has 0 saturated heterocycles. The fourth-order valence-corrected chi connectivity index (χ4v) is 1.77. The lowest BCUT2D eigenvalue weighted by Crippen LogP contribution is -2.37. The molecule has 0 bridgehead atoms. The molecule has 0 saturated carbocycles. The zero-order chi connectivity index (χ0) is 13.6. The molecular weight excluding hydrogens is 228 g/mol. The van der Waals surface area contributed by atoms with Gasteiger partial charge in [-0.3, -0.25) is 14.4 Å². The zero-order valence-electron chi connectivity index (χ0n) is 9.92. The van der Waals surface area contributed by atoms with E-state index in [1.165, 1.54) is 6.92 Å². The first-order valence-electron chi connectivity index (χ1n) is 5.51. The monoisotopic (exact) mass is 246 g/mol. The van der Waals surface area contributed by atoms with Crippen LogP contribution in [0.2, 0.25) is 0 Å². The molecule has 17 heavy (non-hydrogen) atoms. The summed E-state index contributed by atoms with van der Waals surface area (Å²) in [5.74, 6) is -7.68. The van der Waals surface area contributed by atoms with Crippen molar-refractivity contribution in [3.05, 3.63) is 0 Å². The van der Waals surface area contributed by atoms with Gasteiger partial charge in [-0.15, -0.1) is 0 Å². The lowest BCUT2D eigenvalue weighted by atomic mass is 9.80. The average Bonchev–Trinajstić information content (AvgIpc) is 2.21. The van der Waals surface area contributed by atoms with E-state index < -0.39 is 35.7 Å². The number of carboxylic acids is 3. The van der Waals surface area contributed by atoms with Gasteiger partial charge in [0.1, 0.15) is 0 Å². The second kappa shape index (κ2) is 6.88. The minimum absolute atomic E-state index is 0.181. The normalized spacial score (nSPS) is 15.9. The summed E-state index contributed by atoms with van der Waals surface area (Å²) in [6.45, 7) is 3.08. The van der Waals surface area contributed by atoms with E-state index in [1.807, 2.05) is 6.92 Å². The molecule has 0 aliphatic carbocycles. The fourth-order valence-electron chi connectivity index (χ4n) is 1.77. The second-order valence-corrected chi connectivity index (χ2v) is 4.08. The Kier molecular flexibility index (Phi) is 6.23. The van der Waals surface area contributed by atoms with Crippen LogP contribution in [0.3, 0.4) is 0 Å². The minimum atomic E-state index is -1.39. The van der Waals surface area contributed by atoms with Gasteiger partial charge in [0.15, 0.2) is 0 Å². The summed E-state index contributed by atoms with van der Waals surface area (Å²) in [5, 5.41) is 26.8. The summed E-state index contributed by atoms with van der Waals surface area (Å²) >= 11 is 0. The molecule has 0 aliphatic heterocycles. The summed E-state index contributed by atoms with van der Waals surface area (Å²) in [4.78, 5) is 32.8. The van der Waals surface area contributed by atoms with Crippen LogP contribution in [-0.4, -0.2) is 33.2 Å². The number of hydrogen-bond donors (Lipinski definition) is 3. The number of unbranched alkanes of at least 4 members (excludes halogenated alkanes) is 1. The molecule has 0 fully saturated rings. The Morgan fingerprint density at radius 2 is 1.53 bits per heavy atom. The number of aliphatic carboxylic acids is 3. The fraction of sp³-hybridized carbons (Fsp3) is 0.727. The van der Waals surface area contributed by atoms with Gasteiger partial charge < -0.3 is 15.3 Å². The maximum Gasteiger partial charge on any atom is 0.308 e. The zero-order valence-corrected chi connectivity index (χ0v) is 9.92. The first-order chi connectivity index (χ1) is 7.82. The maximum absolute atomic E-state index is 11.0. The van der Waals surface area contributed by atoms with Crippen LogP contribution in [0, 0.1) is 17.8 Å². The van der Waals surface area contributed by atoms with Crippen molar-refractivity contribution in [1.82, 2.24) is 0 Å². The molecule has 0 radical (unpaired) electrons. The van der Waals surface area contributed by atoms with Crippen molar-refractivity contribution in [3.8, 4) is 0 Å². The molecule has 6 heteroatoms. The first kappa shape index (κ1) is 15.4. The van der Waals surface area contributed by atoms with Crippen LogP contribution in [0.4, 0.5) is 0 Å². The smallest absolute Gasteiger partial charge is 0.308 e. The van der Waals surface area contributed by atoms with E-state index in [0.29, 0.717) is 6.42 Å². The largest absolute Gasteiger partial charge is 0.481 e. The average molecular weight is 246 g/mol. The van der Waals surface area contributed by atoms with Crippen molar-refractivity contribution in [2.24, 2.45) is 17.8 Å². The molecule has 3 atom stereocenters. The van der Waals surface area contributed by atoms with Gasteiger partial charge in [0, 0.05) is 0 Å². The standard InChI is InChI=1S/C11H18O6/c1-3-4-5-7(10(14)15)8(11(16)17)6(2)9(12)13/h6-8H,3-5H2,1-2H3,(H,12,13)(H,14,15)(H,16,17). The molecule has 3 unspecified atom stereocenters. The van der Waals surface area contributed by atoms with Crippen molar-refractivity contribution in [2.45, 2.75) is 33.1 Å². The third kappa shape index (κ3) is 4.42. The first-order valence-corrected chi connectivity index (χ1v) is 5.51. The molecule has 98 valence electrons. The summed E-state index contributed by atoms with van der Waals surface area (Å²) in [5.41, 5.74) is 0. The summed E-state index contributed by atoms with van der Waals surface area (Å²) in [6, 6.07) is 0. The van der Waals surface area contributed by atoms with Crippen molar-refractivity contribution in [1.29, 1.82) is 0 Å². The third-order valence-electron chi connectivity index (χ3n) is 2.83. The van der Waals surface area contributed by atoms with Gasteiger partial charge in [-0.2, -0.15) is 0 Å². The lowest BCUT2D eigenvalue weighted by Gasteiger charge is -2.23. The molecule has 0 aromatic rings. The van der Waals surface area contributed by atoms with E-state index in [1.54, 1.807) is 0 Å². The Morgan fingerprint density at radius 3 is 1.82 bits per heavy atom. The van der Waals surface area contributed by atoms with Gasteiger partial charge in [0.2, 0.25) is 0 Å². The van der Waals surface area contributed by atoms with Crippen LogP contribution < -0.4 is 0 Å². The second-order valence-electron chi connectivity index (χ2n) is 4.08. The predicted octanol–water partition coefficient (Wildman–Crippen LogP) is 1.30. The number of carboxylic acid groups (broad SMARTS) is 3. The molecule has 0 amide bonds. The van der Waals surface area contributed by atoms with E-state index in [4.69, 9.17) is 15.3 Å². The van der Waals surface area contributed by atoms with Gasteiger partial charge in [-0.05, 0) is 6.42 Å². The van der Waals surface area contributed by atoms with Crippen molar-refractivity contribution in [2.75, 3.05) is 0 Å². The molecule has 6 nitrogen and oxygen atoms in total. The van der Waals surface area contributed by atoms with Crippen LogP contribution >= 0.6 is 0 Å². The van der Waals surface area contributed by atoms with E-state index in [2.05, 4.69) is 0 Å². The van der Waals surface area contributed by atoms with Crippen molar-refractivity contribution in [3.63, 3.8) is 0 Å². The highest BCUT2D eigenvalue weighted by molar-refractivity contribution is 5.85. The van der Waals surface area contributed by atoms with Gasteiger partial charge in [0.25, 0.3) is 0 Å². The van der Waals surface area contributed by atoms with Crippen LogP contribution in [0.5, 0.6) is 0 Å². The summed E-state index contributed by atoms with van der Waals surface area (Å²) in [7, 11) is 0. The minimum Gasteiger partial charge on any atom is -0.481 e. The van der Waals surface area contributed by atoms with Crippen molar-refractivity contribution >= 4 is 17.9 Å². The topological polar surface area (TPSA) is 112 Å². The molecule has 0 heterocycles. The highest BCUT2D eigenvalue weighted by Gasteiger charge is 2.40. The molecule has 0 rings (SSSR count). The third-order valence-corrected chi connectivity index (χ3v) is 2.83. The molecule has 3 N–H and O–H groups in total. The van der Waals surface area contributed by atoms with E-state index in [9.17, 15) is 14.4 Å². The predicted molar refractivity (Wildman–Crippen MR) is 58.6 cm³/mol. The quantitative estimate of drug-likeness (QED) is 0.595. The highest BCUT2D eigenvalue weighted by Crippen LogP contribution is 2.27. The summed E-state index contributed by atoms with van der Waals surface area (Å²) < 4.78 is 0. The van der Waals surface area contributed by atoms with E-state index in [-0.39, 0.29) is 6.42 Å². The molecule has 0 spiro atoms. The Bertz CT molecular complexity index is 298. The van der Waals surface area contributed by atoms with Gasteiger partial charge >= 0.3 is 17.9 Å². The Balaban J connectivity index is 5.02. The Labute approximate surface area is 99.3 Å². The van der Waals surface area contributed by atoms with Crippen LogP contribution in [-0.2, 0) is 14.4 Å². The number of carbonyl (C=O) groups is 3. The number of rotatable bonds is 8. The van der Waals surface area contributed by atoms with E-state index >= 15 is 0 Å². The van der Waals surface area contributed by atoms with Crippen LogP contribution in [0.1, 0.15) is 33.1 Å². The SMILES string of the molecule is CCCCC(C(=O)O)C(C(=O)O)C(C)C(=O)O. The van der Waals surface area contributed by atoms with E-state index in [0.717, 1.165) is 6.42 Å². The molecular formula is C11H18O6. The van der Waals surface area contributed by atoms with Crippen LogP contribution in [0.25, 0.3) is 0 Å². The lowest BCUT2D eigenvalue weighted by molar-refractivity contribution is -0.161.